The van der Waals surface area contributed by atoms with E-state index in [4.69, 9.17) is 10.5 Å². The normalized spacial score (nSPS) is 27.1. The quantitative estimate of drug-likeness (QED) is 0.626. The topological polar surface area (TPSA) is 52.3 Å². The molecule has 2 aliphatic carbocycles. The van der Waals surface area contributed by atoms with Crippen molar-refractivity contribution in [2.75, 3.05) is 0 Å². The van der Waals surface area contributed by atoms with Crippen molar-refractivity contribution >= 4 is 5.97 Å². The second-order valence-electron chi connectivity index (χ2n) is 3.97. The second-order valence-corrected chi connectivity index (χ2v) is 3.97. The van der Waals surface area contributed by atoms with Gasteiger partial charge in [-0.25, -0.2) is 0 Å². The lowest BCUT2D eigenvalue weighted by molar-refractivity contribution is -0.151. The lowest BCUT2D eigenvalue weighted by atomic mass is 10.3. The fraction of sp³-hybridized carbons (Fsp3) is 0.889. The van der Waals surface area contributed by atoms with Crippen LogP contribution in [0.4, 0.5) is 0 Å². The van der Waals surface area contributed by atoms with Gasteiger partial charge in [-0.2, -0.15) is 0 Å². The Morgan fingerprint density at radius 2 is 1.92 bits per heavy atom. The van der Waals surface area contributed by atoms with E-state index in [2.05, 4.69) is 0 Å². The van der Waals surface area contributed by atoms with Crippen molar-refractivity contribution in [3.8, 4) is 0 Å². The molecule has 0 unspecified atom stereocenters. The smallest absolute Gasteiger partial charge is 0.326 e. The van der Waals surface area contributed by atoms with Crippen LogP contribution >= 0.6 is 0 Å². The standard InChI is InChI=1S/C9H15NO2/c10-9(5-6-9)8(11)12-7-3-1-2-4-7/h7H,1-6,10H2. The minimum Gasteiger partial charge on any atom is -0.461 e. The SMILES string of the molecule is NC1(C(=O)OC2CCCC2)CC1. The highest BCUT2D eigenvalue weighted by Gasteiger charge is 2.48. The molecule has 2 N–H and O–H groups in total. The third-order valence-electron chi connectivity index (χ3n) is 2.77. The van der Waals surface area contributed by atoms with Gasteiger partial charge in [0, 0.05) is 0 Å². The Balaban J connectivity index is 1.82. The summed E-state index contributed by atoms with van der Waals surface area (Å²) < 4.78 is 5.27. The number of nitrogens with two attached hydrogens (primary N) is 1. The number of ether oxygens (including phenoxy) is 1. The first-order valence-corrected chi connectivity index (χ1v) is 4.71. The maximum Gasteiger partial charge on any atom is 0.326 e. The molecule has 2 saturated carbocycles. The van der Waals surface area contributed by atoms with Gasteiger partial charge in [0.05, 0.1) is 0 Å². The Morgan fingerprint density at radius 1 is 1.33 bits per heavy atom. The molecule has 0 spiro atoms. The van der Waals surface area contributed by atoms with Gasteiger partial charge in [-0.3, -0.25) is 4.79 Å². The largest absolute Gasteiger partial charge is 0.461 e. The summed E-state index contributed by atoms with van der Waals surface area (Å²) >= 11 is 0. The van der Waals surface area contributed by atoms with E-state index in [1.54, 1.807) is 0 Å². The predicted molar refractivity (Wildman–Crippen MR) is 44.5 cm³/mol. The highest BCUT2D eigenvalue weighted by atomic mass is 16.5. The number of esters is 1. The van der Waals surface area contributed by atoms with Gasteiger partial charge in [-0.15, -0.1) is 0 Å². The predicted octanol–water partition coefficient (Wildman–Crippen LogP) is 0.963. The van der Waals surface area contributed by atoms with Crippen LogP contribution in [0.25, 0.3) is 0 Å². The summed E-state index contributed by atoms with van der Waals surface area (Å²) in [7, 11) is 0. The van der Waals surface area contributed by atoms with E-state index in [0.717, 1.165) is 25.7 Å². The minimum absolute atomic E-state index is 0.165. The van der Waals surface area contributed by atoms with Crippen LogP contribution in [-0.2, 0) is 9.53 Å². The van der Waals surface area contributed by atoms with E-state index in [-0.39, 0.29) is 12.1 Å². The first kappa shape index (κ1) is 8.05. The van der Waals surface area contributed by atoms with E-state index in [9.17, 15) is 4.79 Å². The van der Waals surface area contributed by atoms with Crippen molar-refractivity contribution < 1.29 is 9.53 Å². The zero-order chi connectivity index (χ0) is 8.60. The Kier molecular flexibility index (Phi) is 1.83. The Morgan fingerprint density at radius 3 is 2.42 bits per heavy atom. The summed E-state index contributed by atoms with van der Waals surface area (Å²) in [6, 6.07) is 0. The van der Waals surface area contributed by atoms with Gasteiger partial charge in [0.15, 0.2) is 0 Å². The van der Waals surface area contributed by atoms with E-state index in [1.807, 2.05) is 0 Å². The van der Waals surface area contributed by atoms with Crippen molar-refractivity contribution in [1.82, 2.24) is 0 Å². The van der Waals surface area contributed by atoms with Crippen LogP contribution in [0.1, 0.15) is 38.5 Å². The molecule has 68 valence electrons. The molecule has 0 aromatic carbocycles. The molecule has 0 radical (unpaired) electrons. The lowest BCUT2D eigenvalue weighted by Gasteiger charge is -2.14. The Labute approximate surface area is 72.3 Å². The van der Waals surface area contributed by atoms with Crippen LogP contribution < -0.4 is 5.73 Å². The Bertz CT molecular complexity index is 193. The van der Waals surface area contributed by atoms with E-state index >= 15 is 0 Å². The molecule has 3 nitrogen and oxygen atoms in total. The number of hydrogen-bond donors (Lipinski definition) is 1. The van der Waals surface area contributed by atoms with E-state index in [1.165, 1.54) is 12.8 Å². The molecule has 0 saturated heterocycles. The van der Waals surface area contributed by atoms with Gasteiger partial charge in [-0.05, 0) is 38.5 Å². The third-order valence-corrected chi connectivity index (χ3v) is 2.77. The zero-order valence-corrected chi connectivity index (χ0v) is 7.21. The molecule has 0 aliphatic heterocycles. The van der Waals surface area contributed by atoms with E-state index in [0.29, 0.717) is 0 Å². The van der Waals surface area contributed by atoms with Gasteiger partial charge >= 0.3 is 5.97 Å². The van der Waals surface area contributed by atoms with Crippen LogP contribution in [0.3, 0.4) is 0 Å². The molecule has 2 fully saturated rings. The molecule has 2 aliphatic rings. The highest BCUT2D eigenvalue weighted by molar-refractivity contribution is 5.83. The molecule has 0 heterocycles. The molecule has 3 heteroatoms. The molecule has 2 rings (SSSR count). The van der Waals surface area contributed by atoms with Gasteiger partial charge in [-0.1, -0.05) is 0 Å². The summed E-state index contributed by atoms with van der Waals surface area (Å²) in [5.41, 5.74) is 5.10. The van der Waals surface area contributed by atoms with Gasteiger partial charge in [0.2, 0.25) is 0 Å². The summed E-state index contributed by atoms with van der Waals surface area (Å²) in [6.45, 7) is 0. The molecule has 0 aromatic rings. The maximum atomic E-state index is 11.3. The molecule has 0 aromatic heterocycles. The number of carbonyl (C=O) groups is 1. The van der Waals surface area contributed by atoms with Gasteiger partial charge in [0.1, 0.15) is 11.6 Å². The fourth-order valence-electron chi connectivity index (χ4n) is 1.61. The summed E-state index contributed by atoms with van der Waals surface area (Å²) in [6.07, 6.45) is 6.21. The van der Waals surface area contributed by atoms with Gasteiger partial charge in [0.25, 0.3) is 0 Å². The molecule has 0 atom stereocenters. The summed E-state index contributed by atoms with van der Waals surface area (Å²) in [4.78, 5) is 11.3. The second kappa shape index (κ2) is 2.73. The average Bonchev–Trinajstić information content (AvgIpc) is 2.63. The molecule has 0 amide bonds. The minimum atomic E-state index is -0.595. The first-order chi connectivity index (χ1) is 5.71. The number of carbonyl (C=O) groups excluding carboxylic acids is 1. The Hall–Kier alpha value is -0.570. The highest BCUT2D eigenvalue weighted by Crippen LogP contribution is 2.35. The summed E-state index contributed by atoms with van der Waals surface area (Å²) in [5.74, 6) is -0.172. The lowest BCUT2D eigenvalue weighted by Crippen LogP contribution is -2.36. The molecular weight excluding hydrogens is 154 g/mol. The number of hydrogen-bond acceptors (Lipinski definition) is 3. The van der Waals surface area contributed by atoms with Crippen molar-refractivity contribution in [3.63, 3.8) is 0 Å². The number of rotatable bonds is 2. The van der Waals surface area contributed by atoms with E-state index < -0.39 is 5.54 Å². The van der Waals surface area contributed by atoms with Crippen molar-refractivity contribution in [2.24, 2.45) is 5.73 Å². The molecule has 0 bridgehead atoms. The van der Waals surface area contributed by atoms with Crippen LogP contribution in [0.5, 0.6) is 0 Å². The molecular formula is C9H15NO2. The zero-order valence-electron chi connectivity index (χ0n) is 7.21. The van der Waals surface area contributed by atoms with Crippen molar-refractivity contribution in [3.05, 3.63) is 0 Å². The monoisotopic (exact) mass is 169 g/mol. The van der Waals surface area contributed by atoms with Gasteiger partial charge < -0.3 is 10.5 Å². The first-order valence-electron chi connectivity index (χ1n) is 4.71. The molecule has 12 heavy (non-hydrogen) atoms. The summed E-state index contributed by atoms with van der Waals surface area (Å²) in [5, 5.41) is 0. The van der Waals surface area contributed by atoms with Crippen molar-refractivity contribution in [1.29, 1.82) is 0 Å². The average molecular weight is 169 g/mol. The van der Waals surface area contributed by atoms with Crippen LogP contribution in [-0.4, -0.2) is 17.6 Å². The fourth-order valence-corrected chi connectivity index (χ4v) is 1.61. The maximum absolute atomic E-state index is 11.3. The third kappa shape index (κ3) is 1.46. The van der Waals surface area contributed by atoms with Crippen LogP contribution in [0, 0.1) is 0 Å². The van der Waals surface area contributed by atoms with Crippen molar-refractivity contribution in [2.45, 2.75) is 50.2 Å². The van der Waals surface area contributed by atoms with Crippen LogP contribution in [0.2, 0.25) is 0 Å². The van der Waals surface area contributed by atoms with Crippen LogP contribution in [0.15, 0.2) is 0 Å².